The Morgan fingerprint density at radius 3 is 2.78 bits per heavy atom. The average Bonchev–Trinajstić information content (AvgIpc) is 2.49. The first kappa shape index (κ1) is 15.4. The van der Waals surface area contributed by atoms with Gasteiger partial charge in [0.1, 0.15) is 17.4 Å². The normalized spacial score (nSPS) is 14.6. The number of nitrogens with zero attached hydrogens (tertiary/aromatic N) is 3. The highest BCUT2D eigenvalue weighted by Crippen LogP contribution is 2.30. The number of likely N-dealkylation sites (N-methyl/N-ethyl adjacent to an activating group) is 1. The van der Waals surface area contributed by atoms with Crippen LogP contribution in [0.3, 0.4) is 0 Å². The Kier molecular flexibility index (Phi) is 4.20. The molecule has 1 fully saturated rings. The van der Waals surface area contributed by atoms with Crippen molar-refractivity contribution in [2.75, 3.05) is 43.6 Å². The third-order valence-electron chi connectivity index (χ3n) is 4.14. The second kappa shape index (κ2) is 6.29. The van der Waals surface area contributed by atoms with Crippen molar-refractivity contribution in [3.8, 4) is 5.75 Å². The fourth-order valence-corrected chi connectivity index (χ4v) is 2.76. The van der Waals surface area contributed by atoms with E-state index in [1.165, 1.54) is 0 Å². The van der Waals surface area contributed by atoms with Crippen molar-refractivity contribution in [2.45, 2.75) is 12.5 Å². The number of methoxy groups -OCH3 is 1. The molecule has 0 saturated carbocycles. The van der Waals surface area contributed by atoms with Gasteiger partial charge in [0.25, 0.3) is 0 Å². The number of nitrogens with one attached hydrogen (secondary N) is 1. The molecule has 0 spiro atoms. The summed E-state index contributed by atoms with van der Waals surface area (Å²) >= 11 is 0. The Balaban J connectivity index is 1.91. The quantitative estimate of drug-likeness (QED) is 0.744. The number of anilines is 3. The zero-order valence-electron chi connectivity index (χ0n) is 13.4. The van der Waals surface area contributed by atoms with Gasteiger partial charge in [-0.05, 0) is 24.7 Å². The molecule has 1 aromatic carbocycles. The van der Waals surface area contributed by atoms with Gasteiger partial charge in [-0.15, -0.1) is 0 Å². The summed E-state index contributed by atoms with van der Waals surface area (Å²) in [7, 11) is 3.62. The molecule has 122 valence electrons. The highest BCUT2D eigenvalue weighted by atomic mass is 16.5. The highest BCUT2D eigenvalue weighted by molar-refractivity contribution is 5.62. The third-order valence-corrected chi connectivity index (χ3v) is 4.14. The zero-order chi connectivity index (χ0) is 16.4. The Morgan fingerprint density at radius 2 is 2.09 bits per heavy atom. The monoisotopic (exact) mass is 314 g/mol. The smallest absolute Gasteiger partial charge is 0.223 e. The van der Waals surface area contributed by atoms with Gasteiger partial charge in [-0.1, -0.05) is 12.1 Å². The van der Waals surface area contributed by atoms with E-state index in [-0.39, 0.29) is 5.95 Å². The molecule has 0 atom stereocenters. The van der Waals surface area contributed by atoms with E-state index < -0.39 is 0 Å². The summed E-state index contributed by atoms with van der Waals surface area (Å²) in [6.07, 6.45) is 0.638. The minimum absolute atomic E-state index is 0.208. The van der Waals surface area contributed by atoms with Gasteiger partial charge in [0.15, 0.2) is 0 Å². The Bertz CT molecular complexity index is 699. The molecule has 0 unspecified atom stereocenters. The summed E-state index contributed by atoms with van der Waals surface area (Å²) in [4.78, 5) is 10.7. The lowest BCUT2D eigenvalue weighted by Crippen LogP contribution is -2.57. The van der Waals surface area contributed by atoms with Crippen LogP contribution in [0.1, 0.15) is 11.1 Å². The van der Waals surface area contributed by atoms with Crippen LogP contribution in [0.2, 0.25) is 0 Å². The molecule has 1 aliphatic rings. The van der Waals surface area contributed by atoms with Crippen molar-refractivity contribution >= 4 is 17.6 Å². The minimum Gasteiger partial charge on any atom is -0.497 e. The first-order valence-corrected chi connectivity index (χ1v) is 7.57. The van der Waals surface area contributed by atoms with E-state index in [0.29, 0.717) is 18.3 Å². The van der Waals surface area contributed by atoms with E-state index in [1.807, 2.05) is 31.3 Å². The maximum absolute atomic E-state index is 6.12. The third kappa shape index (κ3) is 3.14. The fourth-order valence-electron chi connectivity index (χ4n) is 2.76. The van der Waals surface area contributed by atoms with Crippen LogP contribution in [-0.4, -0.2) is 43.3 Å². The van der Waals surface area contributed by atoms with Crippen molar-refractivity contribution in [1.82, 2.24) is 15.3 Å². The van der Waals surface area contributed by atoms with Gasteiger partial charge in [-0.25, -0.2) is 0 Å². The molecule has 0 radical (unpaired) electrons. The molecule has 2 aromatic rings. The van der Waals surface area contributed by atoms with Crippen LogP contribution in [0.5, 0.6) is 5.75 Å². The molecule has 1 aromatic heterocycles. The van der Waals surface area contributed by atoms with E-state index in [9.17, 15) is 0 Å². The Morgan fingerprint density at radius 1 is 1.30 bits per heavy atom. The lowest BCUT2D eigenvalue weighted by atomic mass is 10.0. The van der Waals surface area contributed by atoms with E-state index >= 15 is 0 Å². The van der Waals surface area contributed by atoms with Crippen LogP contribution in [0.25, 0.3) is 0 Å². The summed E-state index contributed by atoms with van der Waals surface area (Å²) in [6.45, 7) is 1.77. The number of rotatable bonds is 5. The van der Waals surface area contributed by atoms with Crippen LogP contribution in [0, 0.1) is 0 Å². The van der Waals surface area contributed by atoms with Crippen molar-refractivity contribution in [3.63, 3.8) is 0 Å². The molecule has 23 heavy (non-hydrogen) atoms. The Hall–Kier alpha value is -2.54. The number of benzene rings is 1. The van der Waals surface area contributed by atoms with E-state index in [1.54, 1.807) is 7.11 Å². The summed E-state index contributed by atoms with van der Waals surface area (Å²) in [5.74, 6) is 2.28. The van der Waals surface area contributed by atoms with Crippen molar-refractivity contribution in [2.24, 2.45) is 0 Å². The molecular formula is C16H22N6O. The number of hydrogen-bond acceptors (Lipinski definition) is 7. The van der Waals surface area contributed by atoms with E-state index in [2.05, 4.69) is 20.2 Å². The van der Waals surface area contributed by atoms with E-state index in [0.717, 1.165) is 35.8 Å². The van der Waals surface area contributed by atoms with Crippen LogP contribution in [0.15, 0.2) is 24.3 Å². The van der Waals surface area contributed by atoms with Crippen molar-refractivity contribution < 1.29 is 4.74 Å². The van der Waals surface area contributed by atoms with Gasteiger partial charge >= 0.3 is 0 Å². The largest absolute Gasteiger partial charge is 0.497 e. The maximum atomic E-state index is 6.12. The minimum atomic E-state index is 0.208. The molecule has 3 rings (SSSR count). The van der Waals surface area contributed by atoms with Crippen LogP contribution in [-0.2, 0) is 6.42 Å². The summed E-state index contributed by atoms with van der Waals surface area (Å²) in [5.41, 5.74) is 13.9. The predicted molar refractivity (Wildman–Crippen MR) is 91.7 cm³/mol. The van der Waals surface area contributed by atoms with Crippen LogP contribution in [0.4, 0.5) is 17.6 Å². The van der Waals surface area contributed by atoms with Crippen molar-refractivity contribution in [3.05, 3.63) is 35.4 Å². The number of aromatic nitrogens is 2. The molecule has 2 heterocycles. The summed E-state index contributed by atoms with van der Waals surface area (Å²) in [6, 6.07) is 8.38. The van der Waals surface area contributed by atoms with Crippen LogP contribution >= 0.6 is 0 Å². The number of ether oxygens (including phenoxy) is 1. The van der Waals surface area contributed by atoms with Gasteiger partial charge in [0, 0.05) is 31.1 Å². The first-order chi connectivity index (χ1) is 11.1. The first-order valence-electron chi connectivity index (χ1n) is 7.57. The standard InChI is InChI=1S/C16H22N6O/c1-19-11-8-22(9-11)15-13(14(17)20-16(18)21-15)7-10-4-3-5-12(6-10)23-2/h3-6,11,19H,7-9H2,1-2H3,(H4,17,18,20,21). The molecule has 0 amide bonds. The summed E-state index contributed by atoms with van der Waals surface area (Å²) < 4.78 is 5.28. The molecule has 7 nitrogen and oxygen atoms in total. The lowest BCUT2D eigenvalue weighted by Gasteiger charge is -2.41. The maximum Gasteiger partial charge on any atom is 0.223 e. The van der Waals surface area contributed by atoms with E-state index in [4.69, 9.17) is 16.2 Å². The van der Waals surface area contributed by atoms with Gasteiger partial charge in [0.05, 0.1) is 7.11 Å². The van der Waals surface area contributed by atoms with Gasteiger partial charge in [0.2, 0.25) is 5.95 Å². The number of nitrogen functional groups attached to an aromatic ring is 2. The Labute approximate surface area is 135 Å². The zero-order valence-corrected chi connectivity index (χ0v) is 13.4. The molecule has 5 N–H and O–H groups in total. The average molecular weight is 314 g/mol. The summed E-state index contributed by atoms with van der Waals surface area (Å²) in [5, 5.41) is 3.25. The lowest BCUT2D eigenvalue weighted by molar-refractivity contribution is 0.414. The molecule has 0 bridgehead atoms. The van der Waals surface area contributed by atoms with Crippen LogP contribution < -0.4 is 26.4 Å². The predicted octanol–water partition coefficient (Wildman–Crippen LogP) is 0.648. The fraction of sp³-hybridized carbons (Fsp3) is 0.375. The second-order valence-electron chi connectivity index (χ2n) is 5.69. The molecule has 7 heteroatoms. The second-order valence-corrected chi connectivity index (χ2v) is 5.69. The molecule has 1 saturated heterocycles. The molecular weight excluding hydrogens is 292 g/mol. The van der Waals surface area contributed by atoms with Gasteiger partial charge < -0.3 is 26.4 Å². The molecule has 0 aliphatic carbocycles. The topological polar surface area (TPSA) is 102 Å². The van der Waals surface area contributed by atoms with Gasteiger partial charge in [-0.2, -0.15) is 9.97 Å². The highest BCUT2D eigenvalue weighted by Gasteiger charge is 2.29. The molecule has 1 aliphatic heterocycles. The number of nitrogens with two attached hydrogens (primary N) is 2. The van der Waals surface area contributed by atoms with Gasteiger partial charge in [-0.3, -0.25) is 0 Å². The SMILES string of the molecule is CNC1CN(c2nc(N)nc(N)c2Cc2cccc(OC)c2)C1. The number of hydrogen-bond donors (Lipinski definition) is 3. The van der Waals surface area contributed by atoms with Crippen molar-refractivity contribution in [1.29, 1.82) is 0 Å².